The zero-order valence-corrected chi connectivity index (χ0v) is 7.82. The fourth-order valence-electron chi connectivity index (χ4n) is 0.853. The molecule has 0 radical (unpaired) electrons. The number of amides is 1. The summed E-state index contributed by atoms with van der Waals surface area (Å²) >= 11 is 0. The number of rotatable bonds is 4. The first-order chi connectivity index (χ1) is 6.61. The summed E-state index contributed by atoms with van der Waals surface area (Å²) in [5, 5.41) is 2.40. The molecule has 1 heterocycles. The Hall–Kier alpha value is -1.62. The molecule has 3 N–H and O–H groups in total. The Balaban J connectivity index is 2.40. The van der Waals surface area contributed by atoms with E-state index in [1.165, 1.54) is 6.26 Å². The molecule has 0 aliphatic rings. The summed E-state index contributed by atoms with van der Waals surface area (Å²) < 4.78 is 4.86. The first-order valence-electron chi connectivity index (χ1n) is 4.21. The van der Waals surface area contributed by atoms with Gasteiger partial charge in [0.15, 0.2) is 5.76 Å². The van der Waals surface area contributed by atoms with Gasteiger partial charge in [-0.2, -0.15) is 0 Å². The van der Waals surface area contributed by atoms with Crippen LogP contribution in [0.3, 0.4) is 0 Å². The molecule has 0 saturated heterocycles. The van der Waals surface area contributed by atoms with Crippen LogP contribution in [0.2, 0.25) is 0 Å². The SMILES string of the molecule is CC(N)C(=O)NCC(=O)c1ccco1. The lowest BCUT2D eigenvalue weighted by molar-refractivity contribution is -0.121. The maximum atomic E-state index is 11.3. The lowest BCUT2D eigenvalue weighted by atomic mass is 10.3. The van der Waals surface area contributed by atoms with E-state index in [0.29, 0.717) is 0 Å². The second-order valence-corrected chi connectivity index (χ2v) is 2.91. The minimum atomic E-state index is -0.612. The van der Waals surface area contributed by atoms with Crippen LogP contribution in [-0.2, 0) is 4.79 Å². The average Bonchev–Trinajstić information content (AvgIpc) is 2.66. The number of ketones is 1. The number of nitrogens with two attached hydrogens (primary N) is 1. The molecule has 1 amide bonds. The van der Waals surface area contributed by atoms with Crippen LogP contribution in [0.4, 0.5) is 0 Å². The normalized spacial score (nSPS) is 12.1. The average molecular weight is 196 g/mol. The predicted molar refractivity (Wildman–Crippen MR) is 49.7 cm³/mol. The summed E-state index contributed by atoms with van der Waals surface area (Å²) in [6.07, 6.45) is 1.40. The van der Waals surface area contributed by atoms with E-state index < -0.39 is 6.04 Å². The van der Waals surface area contributed by atoms with Crippen LogP contribution in [0, 0.1) is 0 Å². The van der Waals surface area contributed by atoms with Gasteiger partial charge in [0.05, 0.1) is 18.8 Å². The molecule has 0 saturated carbocycles. The molecule has 76 valence electrons. The van der Waals surface area contributed by atoms with Gasteiger partial charge in [-0.3, -0.25) is 9.59 Å². The first kappa shape index (κ1) is 10.5. The summed E-state index contributed by atoms with van der Waals surface area (Å²) in [7, 11) is 0. The summed E-state index contributed by atoms with van der Waals surface area (Å²) in [6, 6.07) is 2.54. The van der Waals surface area contributed by atoms with E-state index in [1.54, 1.807) is 19.1 Å². The van der Waals surface area contributed by atoms with Gasteiger partial charge < -0.3 is 15.5 Å². The molecule has 1 aromatic rings. The molecule has 1 unspecified atom stereocenters. The van der Waals surface area contributed by atoms with Gasteiger partial charge in [0.25, 0.3) is 0 Å². The molecule has 0 aromatic carbocycles. The van der Waals surface area contributed by atoms with Crippen molar-refractivity contribution in [1.29, 1.82) is 0 Å². The number of carbonyl (C=O) groups excluding carboxylic acids is 2. The number of carbonyl (C=O) groups is 2. The molecule has 0 aliphatic carbocycles. The zero-order chi connectivity index (χ0) is 10.6. The molecule has 0 spiro atoms. The number of hydrogen-bond acceptors (Lipinski definition) is 4. The molecule has 5 nitrogen and oxygen atoms in total. The topological polar surface area (TPSA) is 85.3 Å². The van der Waals surface area contributed by atoms with E-state index in [-0.39, 0.29) is 24.0 Å². The molecule has 0 aliphatic heterocycles. The summed E-state index contributed by atoms with van der Waals surface area (Å²) in [4.78, 5) is 22.3. The van der Waals surface area contributed by atoms with Crippen molar-refractivity contribution in [1.82, 2.24) is 5.32 Å². The van der Waals surface area contributed by atoms with Crippen molar-refractivity contribution in [3.05, 3.63) is 24.2 Å². The zero-order valence-electron chi connectivity index (χ0n) is 7.82. The third-order valence-electron chi connectivity index (χ3n) is 1.63. The number of hydrogen-bond donors (Lipinski definition) is 2. The minimum absolute atomic E-state index is 0.0894. The van der Waals surface area contributed by atoms with Crippen molar-refractivity contribution in [2.45, 2.75) is 13.0 Å². The molecule has 0 bridgehead atoms. The van der Waals surface area contributed by atoms with Gasteiger partial charge in [0, 0.05) is 0 Å². The molecule has 0 fully saturated rings. The quantitative estimate of drug-likeness (QED) is 0.660. The Morgan fingerprint density at radius 2 is 2.36 bits per heavy atom. The van der Waals surface area contributed by atoms with Crippen LogP contribution < -0.4 is 11.1 Å². The van der Waals surface area contributed by atoms with Crippen LogP contribution in [0.5, 0.6) is 0 Å². The Morgan fingerprint density at radius 1 is 1.64 bits per heavy atom. The van der Waals surface area contributed by atoms with Crippen molar-refractivity contribution in [3.8, 4) is 0 Å². The third kappa shape index (κ3) is 2.70. The van der Waals surface area contributed by atoms with Gasteiger partial charge in [-0.25, -0.2) is 0 Å². The highest BCUT2D eigenvalue weighted by atomic mass is 16.3. The lowest BCUT2D eigenvalue weighted by Crippen LogP contribution is -2.40. The van der Waals surface area contributed by atoms with Crippen LogP contribution in [0.15, 0.2) is 22.8 Å². The van der Waals surface area contributed by atoms with Gasteiger partial charge in [0.1, 0.15) is 0 Å². The van der Waals surface area contributed by atoms with E-state index in [4.69, 9.17) is 10.2 Å². The van der Waals surface area contributed by atoms with Crippen LogP contribution in [0.25, 0.3) is 0 Å². The molecule has 5 heteroatoms. The Labute approximate surface area is 81.3 Å². The number of Topliss-reactive ketones (excluding diaryl/α,β-unsaturated/α-hetero) is 1. The van der Waals surface area contributed by atoms with Crippen molar-refractivity contribution >= 4 is 11.7 Å². The standard InChI is InChI=1S/C9H12N2O3/c1-6(10)9(13)11-5-7(12)8-3-2-4-14-8/h2-4,6H,5,10H2,1H3,(H,11,13). The third-order valence-corrected chi connectivity index (χ3v) is 1.63. The Morgan fingerprint density at radius 3 is 2.86 bits per heavy atom. The highest BCUT2D eigenvalue weighted by Crippen LogP contribution is 1.99. The van der Waals surface area contributed by atoms with Gasteiger partial charge in [-0.1, -0.05) is 0 Å². The van der Waals surface area contributed by atoms with Crippen molar-refractivity contribution in [3.63, 3.8) is 0 Å². The fraction of sp³-hybridized carbons (Fsp3) is 0.333. The molecule has 1 aromatic heterocycles. The van der Waals surface area contributed by atoms with Gasteiger partial charge >= 0.3 is 0 Å². The van der Waals surface area contributed by atoms with E-state index in [2.05, 4.69) is 5.32 Å². The Bertz CT molecular complexity index is 317. The molecular weight excluding hydrogens is 184 g/mol. The monoisotopic (exact) mass is 196 g/mol. The first-order valence-corrected chi connectivity index (χ1v) is 4.21. The number of furan rings is 1. The summed E-state index contributed by atoms with van der Waals surface area (Å²) in [5.41, 5.74) is 5.29. The Kier molecular flexibility index (Phi) is 3.41. The minimum Gasteiger partial charge on any atom is -0.461 e. The second-order valence-electron chi connectivity index (χ2n) is 2.91. The van der Waals surface area contributed by atoms with Gasteiger partial charge in [-0.15, -0.1) is 0 Å². The molecule has 1 atom stereocenters. The van der Waals surface area contributed by atoms with Crippen LogP contribution in [0.1, 0.15) is 17.5 Å². The van der Waals surface area contributed by atoms with Gasteiger partial charge in [-0.05, 0) is 19.1 Å². The van der Waals surface area contributed by atoms with Crippen LogP contribution in [-0.4, -0.2) is 24.3 Å². The smallest absolute Gasteiger partial charge is 0.237 e. The molecule has 14 heavy (non-hydrogen) atoms. The summed E-state index contributed by atoms with van der Waals surface area (Å²) in [6.45, 7) is 1.46. The van der Waals surface area contributed by atoms with Crippen LogP contribution >= 0.6 is 0 Å². The highest BCUT2D eigenvalue weighted by molar-refractivity contribution is 5.97. The number of nitrogens with one attached hydrogen (secondary N) is 1. The molecular formula is C9H12N2O3. The van der Waals surface area contributed by atoms with Gasteiger partial charge in [0.2, 0.25) is 11.7 Å². The maximum Gasteiger partial charge on any atom is 0.237 e. The predicted octanol–water partition coefficient (Wildman–Crippen LogP) is -0.0743. The maximum absolute atomic E-state index is 11.3. The fourth-order valence-corrected chi connectivity index (χ4v) is 0.853. The van der Waals surface area contributed by atoms with E-state index in [1.807, 2.05) is 0 Å². The van der Waals surface area contributed by atoms with E-state index in [9.17, 15) is 9.59 Å². The second kappa shape index (κ2) is 4.57. The molecule has 1 rings (SSSR count). The van der Waals surface area contributed by atoms with E-state index in [0.717, 1.165) is 0 Å². The van der Waals surface area contributed by atoms with Crippen molar-refractivity contribution in [2.24, 2.45) is 5.73 Å². The summed E-state index contributed by atoms with van der Waals surface area (Å²) in [5.74, 6) is -0.399. The van der Waals surface area contributed by atoms with E-state index >= 15 is 0 Å². The largest absolute Gasteiger partial charge is 0.461 e. The van der Waals surface area contributed by atoms with Crippen molar-refractivity contribution in [2.75, 3.05) is 6.54 Å². The van der Waals surface area contributed by atoms with Crippen molar-refractivity contribution < 1.29 is 14.0 Å². The highest BCUT2D eigenvalue weighted by Gasteiger charge is 2.12. The lowest BCUT2D eigenvalue weighted by Gasteiger charge is -2.05.